The molecule has 0 spiro atoms. The van der Waals surface area contributed by atoms with E-state index in [2.05, 4.69) is 0 Å². The number of hydrogen-bond donors (Lipinski definition) is 1. The molecule has 0 fully saturated rings. The quantitative estimate of drug-likeness (QED) is 0.938. The van der Waals surface area contributed by atoms with Crippen molar-refractivity contribution in [1.82, 2.24) is 0 Å². The third-order valence-electron chi connectivity index (χ3n) is 2.31. The van der Waals surface area contributed by atoms with Crippen molar-refractivity contribution in [2.75, 3.05) is 0 Å². The third kappa shape index (κ3) is 3.05. The van der Waals surface area contributed by atoms with Gasteiger partial charge in [-0.3, -0.25) is 4.21 Å². The van der Waals surface area contributed by atoms with Gasteiger partial charge in [-0.15, -0.1) is 0 Å². The summed E-state index contributed by atoms with van der Waals surface area (Å²) in [5.41, 5.74) is -0.0633. The van der Waals surface area contributed by atoms with Gasteiger partial charge in [0, 0.05) is 5.56 Å². The Morgan fingerprint density at radius 2 is 2.00 bits per heavy atom. The van der Waals surface area contributed by atoms with E-state index < -0.39 is 28.4 Å². The Morgan fingerprint density at radius 1 is 1.26 bits per heavy atom. The average Bonchev–Trinajstić information content (AvgIpc) is 2.83. The molecule has 1 heterocycles. The van der Waals surface area contributed by atoms with Crippen LogP contribution < -0.4 is 0 Å². The lowest BCUT2D eigenvalue weighted by Gasteiger charge is -2.02. The van der Waals surface area contributed by atoms with Gasteiger partial charge in [0.25, 0.3) is 0 Å². The van der Waals surface area contributed by atoms with E-state index in [1.807, 2.05) is 0 Å². The highest BCUT2D eigenvalue weighted by atomic mass is 32.2. The van der Waals surface area contributed by atoms with Crippen LogP contribution in [0.2, 0.25) is 0 Å². The van der Waals surface area contributed by atoms with Gasteiger partial charge >= 0.3 is 5.97 Å². The van der Waals surface area contributed by atoms with Crippen LogP contribution in [0.4, 0.5) is 8.78 Å². The summed E-state index contributed by atoms with van der Waals surface area (Å²) in [4.78, 5) is 10.6. The lowest BCUT2D eigenvalue weighted by atomic mass is 10.2. The molecule has 4 nitrogen and oxygen atoms in total. The molecular weight excluding hydrogens is 278 g/mol. The van der Waals surface area contributed by atoms with Crippen LogP contribution in [0, 0.1) is 11.6 Å². The van der Waals surface area contributed by atoms with E-state index in [0.717, 1.165) is 24.3 Å². The van der Waals surface area contributed by atoms with E-state index >= 15 is 0 Å². The van der Waals surface area contributed by atoms with Crippen LogP contribution in [-0.4, -0.2) is 15.3 Å². The Morgan fingerprint density at radius 3 is 2.63 bits per heavy atom. The Hall–Kier alpha value is -2.02. The molecule has 0 amide bonds. The predicted octanol–water partition coefficient (Wildman–Crippen LogP) is 2.56. The highest BCUT2D eigenvalue weighted by Crippen LogP contribution is 2.18. The predicted molar refractivity (Wildman–Crippen MR) is 62.1 cm³/mol. The van der Waals surface area contributed by atoms with Crippen LogP contribution in [0.15, 0.2) is 39.8 Å². The summed E-state index contributed by atoms with van der Waals surface area (Å²) in [6, 6.07) is 5.21. The van der Waals surface area contributed by atoms with Gasteiger partial charge in [0.05, 0.1) is 16.6 Å². The molecule has 7 heteroatoms. The van der Waals surface area contributed by atoms with E-state index in [4.69, 9.17) is 9.52 Å². The molecule has 100 valence electrons. The molecule has 1 aromatic carbocycles. The van der Waals surface area contributed by atoms with E-state index in [1.54, 1.807) is 0 Å². The maximum absolute atomic E-state index is 13.4. The SMILES string of the molecule is O=C(O)c1ccc(S(=O)Cc2cc(F)ccc2F)o1. The maximum atomic E-state index is 13.4. The van der Waals surface area contributed by atoms with Gasteiger partial charge in [0.2, 0.25) is 5.76 Å². The lowest BCUT2D eigenvalue weighted by Crippen LogP contribution is -1.99. The van der Waals surface area contributed by atoms with E-state index in [9.17, 15) is 17.8 Å². The number of hydrogen-bond acceptors (Lipinski definition) is 3. The Balaban J connectivity index is 2.20. The number of furan rings is 1. The van der Waals surface area contributed by atoms with Crippen LogP contribution in [0.1, 0.15) is 16.1 Å². The van der Waals surface area contributed by atoms with Crippen molar-refractivity contribution in [3.63, 3.8) is 0 Å². The minimum absolute atomic E-state index is 0.0633. The monoisotopic (exact) mass is 286 g/mol. The smallest absolute Gasteiger partial charge is 0.371 e. The van der Waals surface area contributed by atoms with Crippen molar-refractivity contribution < 1.29 is 27.3 Å². The first-order valence-corrected chi connectivity index (χ1v) is 6.44. The molecule has 0 radical (unpaired) electrons. The molecule has 2 aromatic rings. The van der Waals surface area contributed by atoms with Crippen LogP contribution in [-0.2, 0) is 16.6 Å². The minimum atomic E-state index is -1.79. The number of carboxylic acids is 1. The highest BCUT2D eigenvalue weighted by molar-refractivity contribution is 7.84. The molecule has 1 atom stereocenters. The van der Waals surface area contributed by atoms with Gasteiger partial charge in [0.1, 0.15) is 11.6 Å². The van der Waals surface area contributed by atoms with Crippen LogP contribution in [0.25, 0.3) is 0 Å². The van der Waals surface area contributed by atoms with E-state index in [1.165, 1.54) is 6.07 Å². The first-order valence-electron chi connectivity index (χ1n) is 5.13. The van der Waals surface area contributed by atoms with Crippen molar-refractivity contribution >= 4 is 16.8 Å². The molecule has 1 unspecified atom stereocenters. The average molecular weight is 286 g/mol. The number of carbonyl (C=O) groups is 1. The van der Waals surface area contributed by atoms with Crippen LogP contribution >= 0.6 is 0 Å². The normalized spacial score (nSPS) is 12.3. The standard InChI is InChI=1S/C12H8F2O4S/c13-8-1-2-9(14)7(5-8)6-19(17)11-4-3-10(18-11)12(15)16/h1-5H,6H2,(H,15,16). The van der Waals surface area contributed by atoms with E-state index in [0.29, 0.717) is 0 Å². The van der Waals surface area contributed by atoms with Crippen molar-refractivity contribution in [1.29, 1.82) is 0 Å². The number of aromatic carboxylic acids is 1. The molecule has 0 saturated carbocycles. The first kappa shape index (κ1) is 13.4. The van der Waals surface area contributed by atoms with Gasteiger partial charge in [-0.1, -0.05) is 0 Å². The van der Waals surface area contributed by atoms with Crippen LogP contribution in [0.3, 0.4) is 0 Å². The molecular formula is C12H8F2O4S. The Labute approximate surface area is 109 Å². The van der Waals surface area contributed by atoms with Crippen molar-refractivity contribution in [2.24, 2.45) is 0 Å². The number of benzene rings is 1. The summed E-state index contributed by atoms with van der Waals surface area (Å²) >= 11 is 0. The van der Waals surface area contributed by atoms with Gasteiger partial charge in [0.15, 0.2) is 5.09 Å². The summed E-state index contributed by atoms with van der Waals surface area (Å²) in [6.45, 7) is 0. The summed E-state index contributed by atoms with van der Waals surface area (Å²) in [7, 11) is -1.79. The Kier molecular flexibility index (Phi) is 3.75. The van der Waals surface area contributed by atoms with Crippen LogP contribution in [0.5, 0.6) is 0 Å². The summed E-state index contributed by atoms with van der Waals surface area (Å²) in [5, 5.41) is 8.55. The molecule has 0 aliphatic rings. The molecule has 0 saturated heterocycles. The number of halogens is 2. The summed E-state index contributed by atoms with van der Waals surface area (Å²) < 4.78 is 43.0. The zero-order valence-electron chi connectivity index (χ0n) is 9.43. The number of carboxylic acid groups (broad SMARTS) is 1. The molecule has 1 aromatic heterocycles. The zero-order chi connectivity index (χ0) is 14.0. The zero-order valence-corrected chi connectivity index (χ0v) is 10.2. The van der Waals surface area contributed by atoms with E-state index in [-0.39, 0.29) is 22.2 Å². The molecule has 19 heavy (non-hydrogen) atoms. The summed E-state index contributed by atoms with van der Waals surface area (Å²) in [5.74, 6) is -3.27. The fourth-order valence-corrected chi connectivity index (χ4v) is 2.47. The van der Waals surface area contributed by atoms with Gasteiger partial charge in [-0.25, -0.2) is 13.6 Å². The lowest BCUT2D eigenvalue weighted by molar-refractivity contribution is 0.0656. The maximum Gasteiger partial charge on any atom is 0.371 e. The van der Waals surface area contributed by atoms with Crippen molar-refractivity contribution in [3.05, 3.63) is 53.3 Å². The molecule has 0 aliphatic heterocycles. The minimum Gasteiger partial charge on any atom is -0.475 e. The third-order valence-corrected chi connectivity index (χ3v) is 3.55. The van der Waals surface area contributed by atoms with Gasteiger partial charge < -0.3 is 9.52 Å². The largest absolute Gasteiger partial charge is 0.475 e. The van der Waals surface area contributed by atoms with Crippen molar-refractivity contribution in [2.45, 2.75) is 10.8 Å². The highest BCUT2D eigenvalue weighted by Gasteiger charge is 2.16. The second-order valence-corrected chi connectivity index (χ2v) is 5.03. The van der Waals surface area contributed by atoms with Gasteiger partial charge in [-0.2, -0.15) is 0 Å². The summed E-state index contributed by atoms with van der Waals surface area (Å²) in [6.07, 6.45) is 0. The molecule has 1 N–H and O–H groups in total. The second kappa shape index (κ2) is 5.31. The fourth-order valence-electron chi connectivity index (χ4n) is 1.42. The molecule has 0 bridgehead atoms. The van der Waals surface area contributed by atoms with Crippen molar-refractivity contribution in [3.8, 4) is 0 Å². The molecule has 0 aliphatic carbocycles. The van der Waals surface area contributed by atoms with Gasteiger partial charge in [-0.05, 0) is 30.3 Å². The molecule has 2 rings (SSSR count). The Bertz CT molecular complexity index is 651. The fraction of sp³-hybridized carbons (Fsp3) is 0.0833. The number of rotatable bonds is 4. The second-order valence-electron chi connectivity index (χ2n) is 3.65. The topological polar surface area (TPSA) is 67.5 Å². The first-order chi connectivity index (χ1) is 8.97.